The number of carbonyl (C=O) groups excluding carboxylic acids is 5. The number of amides is 5. The zero-order valence-electron chi connectivity index (χ0n) is 45.1. The number of fused-ring (bicyclic) bond motifs is 4. The molecule has 9 rings (SSSR count). The van der Waals surface area contributed by atoms with Gasteiger partial charge >= 0.3 is 0 Å². The number of likely N-dealkylation sites (N-methyl/N-ethyl adjacent to an activating group) is 2. The monoisotopic (exact) mass is 1100 g/mol. The van der Waals surface area contributed by atoms with Crippen molar-refractivity contribution in [1.82, 2.24) is 51.5 Å². The van der Waals surface area contributed by atoms with Crippen molar-refractivity contribution in [3.63, 3.8) is 0 Å². The second-order valence-corrected chi connectivity index (χ2v) is 26.9. The molecule has 5 fully saturated rings. The van der Waals surface area contributed by atoms with E-state index in [-0.39, 0.29) is 63.8 Å². The highest BCUT2D eigenvalue weighted by Crippen LogP contribution is 2.49. The molecule has 15 nitrogen and oxygen atoms in total. The van der Waals surface area contributed by atoms with Crippen LogP contribution in [0.25, 0.3) is 0 Å². The summed E-state index contributed by atoms with van der Waals surface area (Å²) >= 11 is 15.1. The van der Waals surface area contributed by atoms with Gasteiger partial charge in [-0.2, -0.15) is 0 Å². The normalized spacial score (nSPS) is 31.0. The number of nitrogens with zero attached hydrogens (tertiary/aromatic N) is 4. The molecule has 0 unspecified atom stereocenters. The second-order valence-electron chi connectivity index (χ2n) is 23.5. The molecule has 5 amide bonds. The minimum atomic E-state index is -0.749. The predicted octanol–water partition coefficient (Wildman–Crippen LogP) is 4.94. The summed E-state index contributed by atoms with van der Waals surface area (Å²) in [6.07, 6.45) is 5.69. The molecule has 408 valence electrons. The molecule has 5 aliphatic heterocycles. The Labute approximate surface area is 464 Å². The first-order valence-corrected chi connectivity index (χ1v) is 30.3. The fraction of sp³-hybridized carbons (Fsp3) is 0.661. The van der Waals surface area contributed by atoms with Crippen LogP contribution in [-0.2, 0) is 36.8 Å². The van der Waals surface area contributed by atoms with E-state index in [0.29, 0.717) is 69.8 Å². The lowest BCUT2D eigenvalue weighted by Crippen LogP contribution is -2.59. The maximum Gasteiger partial charge on any atom is 0.246 e. The smallest absolute Gasteiger partial charge is 0.246 e. The lowest BCUT2D eigenvalue weighted by Gasteiger charge is -2.43. The number of carbonyl (C=O) groups is 5. The maximum absolute atomic E-state index is 15.0. The minimum absolute atomic E-state index is 0.00142. The van der Waals surface area contributed by atoms with Gasteiger partial charge in [0.1, 0.15) is 12.1 Å². The van der Waals surface area contributed by atoms with E-state index in [1.54, 1.807) is 16.7 Å². The number of thioether (sulfide) groups is 2. The standard InChI is InChI=1S/C56H80N10O5S4/c1-32(57-7)50(72)59-36-21-27-74-42-29-55(3,4)46(65(42)31-36)48(67)61-44-37-15-11-9-13-34(37)17-19-39(44)52(69)63-23-25-64(26-24-63)53(70)40-20-18-35-14-10-12-16-38(35)45(40)62-49(68)47-56(5,6)30-43-66(47)54(71)41(22-28-75-43)60-51(73)33(2)58-8/h9-16,32-33,36,39-47,57-58H,17-31H2,1-8H3,(H,59,72)(H,60,73)(H,61,67)(H,62,68)/t32-,33-,36-,39+,40+,41-,42-,43-,44+,45-,46+,47+/m0/s1. The Morgan fingerprint density at radius 3 is 1.64 bits per heavy atom. The molecular weight excluding hydrogens is 1020 g/mol. The van der Waals surface area contributed by atoms with Crippen molar-refractivity contribution in [3.8, 4) is 0 Å². The van der Waals surface area contributed by atoms with E-state index in [1.807, 2.05) is 72.9 Å². The molecular formula is C56H80N10O5S4. The highest BCUT2D eigenvalue weighted by Gasteiger charge is 2.56. The number of benzene rings is 2. The Bertz CT molecular complexity index is 2510. The fourth-order valence-corrected chi connectivity index (χ4v) is 17.0. The first-order valence-electron chi connectivity index (χ1n) is 27.4. The van der Waals surface area contributed by atoms with E-state index >= 15 is 9.59 Å². The van der Waals surface area contributed by atoms with Gasteiger partial charge in [0.25, 0.3) is 0 Å². The van der Waals surface area contributed by atoms with Crippen LogP contribution in [0.3, 0.4) is 0 Å². The van der Waals surface area contributed by atoms with Gasteiger partial charge in [-0.15, -0.1) is 23.5 Å². The lowest BCUT2D eigenvalue weighted by atomic mass is 9.77. The average molecular weight is 1100 g/mol. The fourth-order valence-electron chi connectivity index (χ4n) is 13.2. The molecule has 0 radical (unpaired) electrons. The third-order valence-electron chi connectivity index (χ3n) is 17.6. The average Bonchev–Trinajstić information content (AvgIpc) is 3.66. The largest absolute Gasteiger partial charge is 0.374 e. The molecule has 2 aromatic carbocycles. The third kappa shape index (κ3) is 11.5. The van der Waals surface area contributed by atoms with Crippen LogP contribution in [0.1, 0.15) is 114 Å². The van der Waals surface area contributed by atoms with Crippen LogP contribution in [0.5, 0.6) is 0 Å². The van der Waals surface area contributed by atoms with Crippen molar-refractivity contribution in [2.24, 2.45) is 22.7 Å². The van der Waals surface area contributed by atoms with Crippen LogP contribution in [-0.4, -0.2) is 164 Å². The van der Waals surface area contributed by atoms with Crippen LogP contribution < -0.4 is 31.9 Å². The van der Waals surface area contributed by atoms with Crippen LogP contribution in [0.15, 0.2) is 48.5 Å². The minimum Gasteiger partial charge on any atom is -0.374 e. The summed E-state index contributed by atoms with van der Waals surface area (Å²) in [6, 6.07) is 13.5. The van der Waals surface area contributed by atoms with Crippen LogP contribution in [0.4, 0.5) is 0 Å². The number of piperazine rings is 1. The van der Waals surface area contributed by atoms with Gasteiger partial charge in [-0.1, -0.05) is 101 Å². The van der Waals surface area contributed by atoms with Crippen molar-refractivity contribution in [2.75, 3.05) is 58.3 Å². The van der Waals surface area contributed by atoms with E-state index in [2.05, 4.69) is 89.6 Å². The van der Waals surface area contributed by atoms with Gasteiger partial charge in [0.15, 0.2) is 0 Å². The van der Waals surface area contributed by atoms with E-state index in [9.17, 15) is 14.4 Å². The van der Waals surface area contributed by atoms with Gasteiger partial charge in [-0.25, -0.2) is 0 Å². The number of hydrogen-bond donors (Lipinski definition) is 6. The summed E-state index contributed by atoms with van der Waals surface area (Å²) in [5.74, 6) is 0.262. The Morgan fingerprint density at radius 1 is 0.627 bits per heavy atom. The van der Waals surface area contributed by atoms with Gasteiger partial charge in [0, 0.05) is 38.8 Å². The molecule has 0 bridgehead atoms. The summed E-state index contributed by atoms with van der Waals surface area (Å²) in [7, 11) is 3.74. The molecule has 0 aromatic heterocycles. The van der Waals surface area contributed by atoms with Gasteiger partial charge in [-0.3, -0.25) is 28.9 Å². The molecule has 7 aliphatic rings. The van der Waals surface area contributed by atoms with Crippen LogP contribution in [0, 0.1) is 22.7 Å². The Morgan fingerprint density at radius 2 is 1.09 bits per heavy atom. The van der Waals surface area contributed by atoms with Crippen molar-refractivity contribution in [3.05, 3.63) is 70.8 Å². The Balaban J connectivity index is 0.890. The lowest BCUT2D eigenvalue weighted by molar-refractivity contribution is -0.147. The molecule has 2 aromatic rings. The predicted molar refractivity (Wildman–Crippen MR) is 307 cm³/mol. The molecule has 0 spiro atoms. The van der Waals surface area contributed by atoms with E-state index in [1.165, 1.54) is 0 Å². The summed E-state index contributed by atoms with van der Waals surface area (Å²) < 4.78 is 0. The maximum atomic E-state index is 15.0. The van der Waals surface area contributed by atoms with Crippen molar-refractivity contribution in [1.29, 1.82) is 0 Å². The number of nitrogens with one attached hydrogen (secondary N) is 6. The summed E-state index contributed by atoms with van der Waals surface area (Å²) in [6.45, 7) is 14.7. The van der Waals surface area contributed by atoms with Crippen molar-refractivity contribution >= 4 is 87.5 Å². The SMILES string of the molecule is CN[C@@H](C)C(=S)N[C@H]1CCS[C@H]2CC(C)(C)[C@@H](C(=O)N[C@@H]3c4ccccc4CC[C@H]3C(=O)N3CCN(C(=O)[C@@H]4CCc5ccccc5[C@@H]4NC(=O)[C@H]4N5C(=O)[C@@H](NC(=S)[C@H](C)NC)CCS[C@H]5CC4(C)C)CC3)N2C1. The molecule has 5 saturated heterocycles. The highest BCUT2D eigenvalue weighted by atomic mass is 32.2. The molecule has 6 N–H and O–H groups in total. The van der Waals surface area contributed by atoms with Gasteiger partial charge < -0.3 is 46.6 Å². The molecule has 2 aliphatic carbocycles. The number of aryl methyl sites for hydroxylation is 2. The van der Waals surface area contributed by atoms with Crippen molar-refractivity contribution < 1.29 is 24.0 Å². The van der Waals surface area contributed by atoms with Crippen LogP contribution in [0.2, 0.25) is 0 Å². The molecule has 75 heavy (non-hydrogen) atoms. The summed E-state index contributed by atoms with van der Waals surface area (Å²) in [5, 5.41) is 20.3. The van der Waals surface area contributed by atoms with E-state index in [4.69, 9.17) is 24.4 Å². The van der Waals surface area contributed by atoms with Gasteiger partial charge in [-0.05, 0) is 124 Å². The first-order chi connectivity index (χ1) is 35.8. The third-order valence-corrected chi connectivity index (χ3v) is 21.1. The summed E-state index contributed by atoms with van der Waals surface area (Å²) in [4.78, 5) is 83.8. The summed E-state index contributed by atoms with van der Waals surface area (Å²) in [5.41, 5.74) is 3.34. The van der Waals surface area contributed by atoms with Gasteiger partial charge in [0.05, 0.1) is 62.8 Å². The van der Waals surface area contributed by atoms with Crippen molar-refractivity contribution in [2.45, 2.75) is 152 Å². The Kier molecular flexibility index (Phi) is 17.3. The highest BCUT2D eigenvalue weighted by molar-refractivity contribution is 8.00. The van der Waals surface area contributed by atoms with E-state index in [0.717, 1.165) is 58.0 Å². The quantitative estimate of drug-likeness (QED) is 0.158. The first kappa shape index (κ1) is 55.9. The second kappa shape index (κ2) is 23.2. The van der Waals surface area contributed by atoms with Gasteiger partial charge in [0.2, 0.25) is 29.5 Å². The Hall–Kier alpha value is -3.85. The van der Waals surface area contributed by atoms with Crippen LogP contribution >= 0.6 is 48.0 Å². The molecule has 19 heteroatoms. The molecule has 0 saturated carbocycles. The molecule has 12 atom stereocenters. The number of rotatable bonds is 12. The molecule has 5 heterocycles. The zero-order valence-corrected chi connectivity index (χ0v) is 48.4. The topological polar surface area (TPSA) is 170 Å². The number of hydrogen-bond acceptors (Lipinski definition) is 12. The van der Waals surface area contributed by atoms with E-state index < -0.39 is 47.5 Å². The number of thiocarbonyl (C=S) groups is 2. The zero-order chi connectivity index (χ0) is 53.5.